The van der Waals surface area contributed by atoms with Gasteiger partial charge in [-0.2, -0.15) is 0 Å². The molecule has 1 atom stereocenters. The second-order valence-corrected chi connectivity index (χ2v) is 7.56. The lowest BCUT2D eigenvalue weighted by Gasteiger charge is -2.47. The van der Waals surface area contributed by atoms with E-state index in [1.165, 1.54) is 0 Å². The zero-order valence-electron chi connectivity index (χ0n) is 13.9. The van der Waals surface area contributed by atoms with Crippen molar-refractivity contribution in [2.24, 2.45) is 5.41 Å². The Balaban J connectivity index is 1.60. The summed E-state index contributed by atoms with van der Waals surface area (Å²) in [4.78, 5) is 30.4. The van der Waals surface area contributed by atoms with Gasteiger partial charge in [0.2, 0.25) is 11.8 Å². The zero-order valence-corrected chi connectivity index (χ0v) is 13.9. The van der Waals surface area contributed by atoms with Gasteiger partial charge in [-0.3, -0.25) is 9.59 Å². The number of likely N-dealkylation sites (N-methyl/N-ethyl adjacent to an activating group) is 1. The van der Waals surface area contributed by atoms with E-state index in [0.29, 0.717) is 6.54 Å². The Morgan fingerprint density at radius 1 is 1.09 bits per heavy atom. The maximum atomic E-state index is 12.8. The van der Waals surface area contributed by atoms with E-state index in [2.05, 4.69) is 18.9 Å². The van der Waals surface area contributed by atoms with Crippen LogP contribution in [0, 0.1) is 5.41 Å². The topological polar surface area (TPSA) is 53.1 Å². The summed E-state index contributed by atoms with van der Waals surface area (Å²) in [5.74, 6) is 0.331. The van der Waals surface area contributed by atoms with Crippen LogP contribution in [0.5, 0.6) is 0 Å². The number of morpholine rings is 1. The van der Waals surface area contributed by atoms with E-state index in [1.807, 2.05) is 11.9 Å². The molecule has 22 heavy (non-hydrogen) atoms. The predicted octanol–water partition coefficient (Wildman–Crippen LogP) is 0.178. The zero-order chi connectivity index (χ0) is 16.0. The lowest BCUT2D eigenvalue weighted by molar-refractivity contribution is -0.172. The number of carbonyl (C=O) groups is 2. The third kappa shape index (κ3) is 2.74. The summed E-state index contributed by atoms with van der Waals surface area (Å²) in [6, 6.07) is 0. The molecule has 3 rings (SSSR count). The minimum atomic E-state index is -0.243. The number of rotatable bonds is 1. The van der Waals surface area contributed by atoms with Crippen LogP contribution in [0.3, 0.4) is 0 Å². The summed E-state index contributed by atoms with van der Waals surface area (Å²) in [6.07, 6.45) is 2.59. The van der Waals surface area contributed by atoms with Crippen molar-refractivity contribution in [1.82, 2.24) is 14.7 Å². The molecule has 0 radical (unpaired) electrons. The summed E-state index contributed by atoms with van der Waals surface area (Å²) in [7, 11) is 3.91. The van der Waals surface area contributed by atoms with Gasteiger partial charge < -0.3 is 19.4 Å². The van der Waals surface area contributed by atoms with Crippen molar-refractivity contribution in [3.05, 3.63) is 0 Å². The molecular formula is C16H27N3O3. The number of amides is 2. The predicted molar refractivity (Wildman–Crippen MR) is 82.4 cm³/mol. The molecule has 1 spiro atoms. The Labute approximate surface area is 132 Å². The maximum absolute atomic E-state index is 12.8. The van der Waals surface area contributed by atoms with Crippen LogP contribution in [0.1, 0.15) is 26.2 Å². The monoisotopic (exact) mass is 309 g/mol. The third-order valence-corrected chi connectivity index (χ3v) is 5.60. The number of ether oxygens (including phenoxy) is 1. The normalized spacial score (nSPS) is 32.8. The smallest absolute Gasteiger partial charge is 0.248 e. The van der Waals surface area contributed by atoms with Crippen LogP contribution in [0.2, 0.25) is 0 Å². The van der Waals surface area contributed by atoms with Gasteiger partial charge in [0.05, 0.1) is 11.0 Å². The molecule has 6 nitrogen and oxygen atoms in total. The van der Waals surface area contributed by atoms with Crippen LogP contribution < -0.4 is 0 Å². The van der Waals surface area contributed by atoms with Gasteiger partial charge in [0, 0.05) is 33.2 Å². The number of carbonyl (C=O) groups excluding carboxylic acids is 2. The minimum absolute atomic E-state index is 0.0469. The molecule has 0 aromatic rings. The molecule has 3 fully saturated rings. The van der Waals surface area contributed by atoms with E-state index >= 15 is 0 Å². The first-order chi connectivity index (χ1) is 10.3. The van der Waals surface area contributed by atoms with Gasteiger partial charge in [-0.1, -0.05) is 0 Å². The van der Waals surface area contributed by atoms with Gasteiger partial charge in [-0.05, 0) is 39.8 Å². The van der Waals surface area contributed by atoms with Crippen molar-refractivity contribution in [1.29, 1.82) is 0 Å². The molecule has 6 heteroatoms. The van der Waals surface area contributed by atoms with Gasteiger partial charge in [0.25, 0.3) is 0 Å². The quantitative estimate of drug-likeness (QED) is 0.693. The lowest BCUT2D eigenvalue weighted by atomic mass is 9.84. The van der Waals surface area contributed by atoms with Crippen molar-refractivity contribution in [2.75, 3.05) is 53.4 Å². The van der Waals surface area contributed by atoms with Crippen LogP contribution >= 0.6 is 0 Å². The van der Waals surface area contributed by atoms with Crippen LogP contribution in [-0.4, -0.2) is 85.5 Å². The molecule has 0 aliphatic carbocycles. The van der Waals surface area contributed by atoms with E-state index < -0.39 is 0 Å². The Hall–Kier alpha value is -1.14. The maximum Gasteiger partial charge on any atom is 0.248 e. The van der Waals surface area contributed by atoms with Crippen LogP contribution in [0.25, 0.3) is 0 Å². The van der Waals surface area contributed by atoms with Gasteiger partial charge in [0.1, 0.15) is 6.61 Å². The fraction of sp³-hybridized carbons (Fsp3) is 0.875. The average Bonchev–Trinajstić information content (AvgIpc) is 2.84. The first-order valence-electron chi connectivity index (χ1n) is 8.20. The molecule has 2 amide bonds. The fourth-order valence-corrected chi connectivity index (χ4v) is 4.06. The molecule has 0 bridgehead atoms. The van der Waals surface area contributed by atoms with Crippen molar-refractivity contribution in [3.63, 3.8) is 0 Å². The molecule has 3 heterocycles. The van der Waals surface area contributed by atoms with Gasteiger partial charge in [-0.15, -0.1) is 0 Å². The largest absolute Gasteiger partial charge is 0.363 e. The summed E-state index contributed by atoms with van der Waals surface area (Å²) in [6.45, 7) is 6.23. The van der Waals surface area contributed by atoms with Crippen LogP contribution in [0.4, 0.5) is 0 Å². The minimum Gasteiger partial charge on any atom is -0.363 e. The second kappa shape index (κ2) is 5.49. The highest BCUT2D eigenvalue weighted by atomic mass is 16.5. The van der Waals surface area contributed by atoms with Crippen LogP contribution in [0.15, 0.2) is 0 Å². The SMILES string of the molecule is CN1CC[C@@](C)(C(=O)N2CCC3(CC2)CN(C)C(=O)CO3)C1. The third-order valence-electron chi connectivity index (χ3n) is 5.60. The Morgan fingerprint density at radius 2 is 1.77 bits per heavy atom. The molecule has 0 aromatic carbocycles. The van der Waals surface area contributed by atoms with Gasteiger partial charge >= 0.3 is 0 Å². The molecule has 3 saturated heterocycles. The number of hydrogen-bond acceptors (Lipinski definition) is 4. The summed E-state index contributed by atoms with van der Waals surface area (Å²) >= 11 is 0. The van der Waals surface area contributed by atoms with E-state index in [0.717, 1.165) is 45.4 Å². The van der Waals surface area contributed by atoms with E-state index in [9.17, 15) is 9.59 Å². The molecule has 0 saturated carbocycles. The standard InChI is InChI=1S/C16H27N3O3/c1-15(4-7-17(2)11-15)14(21)19-8-5-16(6-9-19)12-18(3)13(20)10-22-16/h4-12H2,1-3H3/t15-/m1/s1. The molecule has 0 N–H and O–H groups in total. The van der Waals surface area contributed by atoms with E-state index in [1.54, 1.807) is 4.90 Å². The highest BCUT2D eigenvalue weighted by Gasteiger charge is 2.46. The van der Waals surface area contributed by atoms with Crippen molar-refractivity contribution >= 4 is 11.8 Å². The highest BCUT2D eigenvalue weighted by molar-refractivity contribution is 5.83. The van der Waals surface area contributed by atoms with Gasteiger partial charge in [0.15, 0.2) is 0 Å². The van der Waals surface area contributed by atoms with Crippen LogP contribution in [-0.2, 0) is 14.3 Å². The molecular weight excluding hydrogens is 282 g/mol. The lowest BCUT2D eigenvalue weighted by Crippen LogP contribution is -2.59. The number of piperidine rings is 1. The van der Waals surface area contributed by atoms with Crippen molar-refractivity contribution in [2.45, 2.75) is 31.8 Å². The van der Waals surface area contributed by atoms with Crippen molar-refractivity contribution < 1.29 is 14.3 Å². The number of nitrogens with zero attached hydrogens (tertiary/aromatic N) is 3. The Bertz CT molecular complexity index is 473. The van der Waals surface area contributed by atoms with E-state index in [4.69, 9.17) is 4.74 Å². The molecule has 3 aliphatic rings. The van der Waals surface area contributed by atoms with Gasteiger partial charge in [-0.25, -0.2) is 0 Å². The first-order valence-corrected chi connectivity index (χ1v) is 8.20. The first kappa shape index (κ1) is 15.7. The summed E-state index contributed by atoms with van der Waals surface area (Å²) in [5, 5.41) is 0. The molecule has 0 aromatic heterocycles. The molecule has 0 unspecified atom stereocenters. The Kier molecular flexibility index (Phi) is 3.93. The summed E-state index contributed by atoms with van der Waals surface area (Å²) in [5.41, 5.74) is -0.480. The fourth-order valence-electron chi connectivity index (χ4n) is 4.06. The Morgan fingerprint density at radius 3 is 2.32 bits per heavy atom. The average molecular weight is 309 g/mol. The number of likely N-dealkylation sites (tertiary alicyclic amines) is 2. The van der Waals surface area contributed by atoms with E-state index in [-0.39, 0.29) is 29.4 Å². The molecule has 3 aliphatic heterocycles. The second-order valence-electron chi connectivity index (χ2n) is 7.56. The highest BCUT2D eigenvalue weighted by Crippen LogP contribution is 2.35. The molecule has 124 valence electrons. The number of hydrogen-bond donors (Lipinski definition) is 0. The summed E-state index contributed by atoms with van der Waals surface area (Å²) < 4.78 is 5.85. The van der Waals surface area contributed by atoms with Crippen molar-refractivity contribution in [3.8, 4) is 0 Å².